The first kappa shape index (κ1) is 18.9. The number of nitrogens with zero attached hydrogens (tertiary/aromatic N) is 1. The van der Waals surface area contributed by atoms with Gasteiger partial charge in [0.2, 0.25) is 5.91 Å². The molecule has 3 nitrogen and oxygen atoms in total. The van der Waals surface area contributed by atoms with Gasteiger partial charge in [0, 0.05) is 23.1 Å². The summed E-state index contributed by atoms with van der Waals surface area (Å²) in [5, 5.41) is 0. The summed E-state index contributed by atoms with van der Waals surface area (Å²) in [4.78, 5) is 14.6. The summed E-state index contributed by atoms with van der Waals surface area (Å²) in [6.07, 6.45) is 3.38. The fourth-order valence-corrected chi connectivity index (χ4v) is 3.62. The first-order valence-electron chi connectivity index (χ1n) is 8.90. The number of amides is 1. The predicted molar refractivity (Wildman–Crippen MR) is 105 cm³/mol. The molecule has 0 N–H and O–H groups in total. The van der Waals surface area contributed by atoms with Gasteiger partial charge in [0.15, 0.2) is 0 Å². The topological polar surface area (TPSA) is 29.5 Å². The minimum Gasteiger partial charge on any atom is -0.490 e. The third-order valence-corrected chi connectivity index (χ3v) is 5.89. The number of benzene rings is 2. The first-order valence-corrected chi connectivity index (χ1v) is 9.69. The van der Waals surface area contributed by atoms with Crippen molar-refractivity contribution in [3.63, 3.8) is 0 Å². The van der Waals surface area contributed by atoms with Gasteiger partial charge in [-0.15, -0.1) is 0 Å². The zero-order chi connectivity index (χ0) is 18.7. The molecule has 2 aromatic carbocycles. The molecule has 1 saturated carbocycles. The van der Waals surface area contributed by atoms with Gasteiger partial charge in [-0.2, -0.15) is 0 Å². The van der Waals surface area contributed by atoms with Crippen LogP contribution in [0.25, 0.3) is 0 Å². The van der Waals surface area contributed by atoms with Crippen molar-refractivity contribution in [2.75, 3.05) is 11.9 Å². The smallest absolute Gasteiger partial charge is 0.229 e. The number of hydrogen-bond donors (Lipinski definition) is 0. The number of ether oxygens (including phenoxy) is 1. The van der Waals surface area contributed by atoms with Crippen LogP contribution in [0.4, 0.5) is 10.1 Å². The van der Waals surface area contributed by atoms with Crippen LogP contribution in [0.2, 0.25) is 0 Å². The molecule has 0 heterocycles. The average molecular weight is 420 g/mol. The van der Waals surface area contributed by atoms with Crippen LogP contribution >= 0.6 is 15.9 Å². The standard InChI is InChI=1S/C21H23BrFNO2/c1-14-13-17(7-12-20(14)22)24(2)21(25)15-3-8-18(9-4-15)26-19-10-5-16(23)6-11-19/h5-7,10-13,15,18H,3-4,8-9H2,1-2H3. The van der Waals surface area contributed by atoms with Crippen molar-refractivity contribution in [1.82, 2.24) is 0 Å². The number of rotatable bonds is 4. The van der Waals surface area contributed by atoms with Gasteiger partial charge < -0.3 is 9.64 Å². The molecule has 0 saturated heterocycles. The summed E-state index contributed by atoms with van der Waals surface area (Å²) in [6.45, 7) is 2.02. The molecule has 0 aliphatic heterocycles. The predicted octanol–water partition coefficient (Wildman–Crippen LogP) is 5.50. The van der Waals surface area contributed by atoms with E-state index in [0.717, 1.165) is 41.4 Å². The van der Waals surface area contributed by atoms with E-state index in [2.05, 4.69) is 15.9 Å². The van der Waals surface area contributed by atoms with Crippen molar-refractivity contribution < 1.29 is 13.9 Å². The number of halogens is 2. The molecule has 0 bridgehead atoms. The van der Waals surface area contributed by atoms with Crippen molar-refractivity contribution in [2.24, 2.45) is 5.92 Å². The van der Waals surface area contributed by atoms with E-state index in [-0.39, 0.29) is 23.7 Å². The minimum absolute atomic E-state index is 0.0250. The first-order chi connectivity index (χ1) is 12.4. The maximum Gasteiger partial charge on any atom is 0.229 e. The largest absolute Gasteiger partial charge is 0.490 e. The number of hydrogen-bond acceptors (Lipinski definition) is 2. The minimum atomic E-state index is -0.266. The zero-order valence-electron chi connectivity index (χ0n) is 15.0. The summed E-state index contributed by atoms with van der Waals surface area (Å²) >= 11 is 3.49. The quantitative estimate of drug-likeness (QED) is 0.654. The lowest BCUT2D eigenvalue weighted by Crippen LogP contribution is -2.36. The van der Waals surface area contributed by atoms with Crippen molar-refractivity contribution in [1.29, 1.82) is 0 Å². The lowest BCUT2D eigenvalue weighted by molar-refractivity contribution is -0.123. The molecular weight excluding hydrogens is 397 g/mol. The lowest BCUT2D eigenvalue weighted by Gasteiger charge is -2.31. The van der Waals surface area contributed by atoms with Gasteiger partial charge >= 0.3 is 0 Å². The summed E-state index contributed by atoms with van der Waals surface area (Å²) in [6, 6.07) is 12.1. The Bertz CT molecular complexity index is 770. The Morgan fingerprint density at radius 2 is 1.77 bits per heavy atom. The molecule has 1 amide bonds. The molecule has 1 fully saturated rings. The van der Waals surface area contributed by atoms with Gasteiger partial charge in [-0.05, 0) is 80.6 Å². The molecule has 0 radical (unpaired) electrons. The Kier molecular flexibility index (Phi) is 5.97. The third kappa shape index (κ3) is 4.44. The average Bonchev–Trinajstić information content (AvgIpc) is 2.65. The van der Waals surface area contributed by atoms with Crippen LogP contribution in [0.3, 0.4) is 0 Å². The molecule has 3 rings (SSSR count). The fourth-order valence-electron chi connectivity index (χ4n) is 3.37. The number of carbonyl (C=O) groups excluding carboxylic acids is 1. The van der Waals surface area contributed by atoms with Crippen molar-refractivity contribution in [3.8, 4) is 5.75 Å². The second-order valence-electron chi connectivity index (χ2n) is 6.88. The van der Waals surface area contributed by atoms with E-state index >= 15 is 0 Å². The fraction of sp³-hybridized carbons (Fsp3) is 0.381. The van der Waals surface area contributed by atoms with E-state index in [1.165, 1.54) is 12.1 Å². The van der Waals surface area contributed by atoms with E-state index in [4.69, 9.17) is 4.74 Å². The van der Waals surface area contributed by atoms with Crippen LogP contribution in [-0.2, 0) is 4.79 Å². The normalized spacial score (nSPS) is 19.8. The molecule has 0 unspecified atom stereocenters. The molecule has 5 heteroatoms. The molecular formula is C21H23BrFNO2. The summed E-state index contributed by atoms with van der Waals surface area (Å²) in [5.41, 5.74) is 2.03. The monoisotopic (exact) mass is 419 g/mol. The maximum atomic E-state index is 13.0. The second-order valence-corrected chi connectivity index (χ2v) is 7.73. The molecule has 2 aromatic rings. The Hall–Kier alpha value is -1.88. The number of aryl methyl sites for hydroxylation is 1. The van der Waals surface area contributed by atoms with Crippen LogP contribution in [0.15, 0.2) is 46.9 Å². The van der Waals surface area contributed by atoms with Gasteiger partial charge in [-0.25, -0.2) is 4.39 Å². The number of anilines is 1. The number of carbonyl (C=O) groups is 1. The maximum absolute atomic E-state index is 13.0. The van der Waals surface area contributed by atoms with Crippen molar-refractivity contribution >= 4 is 27.5 Å². The van der Waals surface area contributed by atoms with Crippen LogP contribution in [0, 0.1) is 18.7 Å². The molecule has 0 aromatic heterocycles. The molecule has 0 atom stereocenters. The summed E-state index contributed by atoms with van der Waals surface area (Å²) in [7, 11) is 1.84. The highest BCUT2D eigenvalue weighted by Crippen LogP contribution is 2.31. The summed E-state index contributed by atoms with van der Waals surface area (Å²) < 4.78 is 19.9. The van der Waals surface area contributed by atoms with E-state index in [1.807, 2.05) is 32.2 Å². The van der Waals surface area contributed by atoms with Gasteiger partial charge in [0.1, 0.15) is 11.6 Å². The lowest BCUT2D eigenvalue weighted by atomic mass is 9.86. The van der Waals surface area contributed by atoms with Gasteiger partial charge in [-0.1, -0.05) is 15.9 Å². The van der Waals surface area contributed by atoms with Crippen LogP contribution in [-0.4, -0.2) is 19.1 Å². The molecule has 1 aliphatic carbocycles. The molecule has 138 valence electrons. The van der Waals surface area contributed by atoms with Gasteiger partial charge in [0.25, 0.3) is 0 Å². The zero-order valence-corrected chi connectivity index (χ0v) is 16.6. The van der Waals surface area contributed by atoms with E-state index in [1.54, 1.807) is 17.0 Å². The third-order valence-electron chi connectivity index (χ3n) is 5.00. The van der Waals surface area contributed by atoms with Crippen LogP contribution in [0.1, 0.15) is 31.2 Å². The molecule has 0 spiro atoms. The Balaban J connectivity index is 1.55. The van der Waals surface area contributed by atoms with Crippen LogP contribution in [0.5, 0.6) is 5.75 Å². The van der Waals surface area contributed by atoms with E-state index in [9.17, 15) is 9.18 Å². The van der Waals surface area contributed by atoms with Crippen molar-refractivity contribution in [2.45, 2.75) is 38.7 Å². The van der Waals surface area contributed by atoms with Gasteiger partial charge in [-0.3, -0.25) is 4.79 Å². The van der Waals surface area contributed by atoms with E-state index in [0.29, 0.717) is 5.75 Å². The highest BCUT2D eigenvalue weighted by molar-refractivity contribution is 9.10. The Morgan fingerprint density at radius 1 is 1.12 bits per heavy atom. The summed E-state index contributed by atoms with van der Waals surface area (Å²) in [5.74, 6) is 0.602. The second kappa shape index (κ2) is 8.21. The van der Waals surface area contributed by atoms with E-state index < -0.39 is 0 Å². The Morgan fingerprint density at radius 3 is 2.38 bits per heavy atom. The van der Waals surface area contributed by atoms with Gasteiger partial charge in [0.05, 0.1) is 6.10 Å². The molecule has 1 aliphatic rings. The van der Waals surface area contributed by atoms with Crippen molar-refractivity contribution in [3.05, 3.63) is 58.3 Å². The Labute approximate surface area is 162 Å². The highest BCUT2D eigenvalue weighted by Gasteiger charge is 2.29. The SMILES string of the molecule is Cc1cc(N(C)C(=O)C2CCC(Oc3ccc(F)cc3)CC2)ccc1Br. The molecule has 26 heavy (non-hydrogen) atoms. The highest BCUT2D eigenvalue weighted by atomic mass is 79.9. The van der Waals surface area contributed by atoms with Crippen LogP contribution < -0.4 is 9.64 Å².